The van der Waals surface area contributed by atoms with Crippen molar-refractivity contribution in [2.24, 2.45) is 5.92 Å². The number of amides is 1. The summed E-state index contributed by atoms with van der Waals surface area (Å²) < 4.78 is 5.33. The number of β-amino-alcohol motifs (C(OH)–C–C–N with tert-alkyl or cyclic N) is 1. The van der Waals surface area contributed by atoms with E-state index in [9.17, 15) is 9.90 Å². The third-order valence-corrected chi connectivity index (χ3v) is 5.41. The number of ether oxygens (including phenoxy) is 1. The van der Waals surface area contributed by atoms with Gasteiger partial charge < -0.3 is 20.1 Å². The maximum atomic E-state index is 12.5. The molecule has 4 rings (SSSR count). The molecule has 0 aliphatic carbocycles. The smallest absolute Gasteiger partial charge is 0.223 e. The summed E-state index contributed by atoms with van der Waals surface area (Å²) in [5, 5.41) is 22.1. The summed E-state index contributed by atoms with van der Waals surface area (Å²) in [5.41, 5.74) is 1.83. The third kappa shape index (κ3) is 4.48. The Bertz CT molecular complexity index is 778. The zero-order valence-corrected chi connectivity index (χ0v) is 15.8. The van der Waals surface area contributed by atoms with Crippen molar-refractivity contribution in [2.75, 3.05) is 31.2 Å². The Balaban J connectivity index is 1.41. The van der Waals surface area contributed by atoms with Crippen molar-refractivity contribution < 1.29 is 14.6 Å². The molecule has 0 unspecified atom stereocenters. The van der Waals surface area contributed by atoms with Gasteiger partial charge in [-0.25, -0.2) is 0 Å². The van der Waals surface area contributed by atoms with Gasteiger partial charge in [-0.1, -0.05) is 30.3 Å². The van der Waals surface area contributed by atoms with Crippen LogP contribution in [-0.4, -0.2) is 59.7 Å². The SMILES string of the molecule is O=C(N[C@H]1C[C@@H](O)CN(c2ccc(-c3ccccc3)nn2)C1)C1CCOCC1. The molecule has 0 bridgehead atoms. The molecular weight excluding hydrogens is 356 g/mol. The van der Waals surface area contributed by atoms with E-state index in [-0.39, 0.29) is 17.9 Å². The van der Waals surface area contributed by atoms with E-state index < -0.39 is 6.10 Å². The molecule has 3 heterocycles. The maximum Gasteiger partial charge on any atom is 0.223 e. The molecule has 1 amide bonds. The number of nitrogens with one attached hydrogen (secondary N) is 1. The zero-order valence-electron chi connectivity index (χ0n) is 15.8. The van der Waals surface area contributed by atoms with Crippen LogP contribution in [0.4, 0.5) is 5.82 Å². The molecule has 7 nitrogen and oxygen atoms in total. The lowest BCUT2D eigenvalue weighted by Gasteiger charge is -2.37. The molecule has 0 radical (unpaired) electrons. The first-order chi connectivity index (χ1) is 13.7. The molecule has 7 heteroatoms. The van der Waals surface area contributed by atoms with Crippen molar-refractivity contribution >= 4 is 11.7 Å². The van der Waals surface area contributed by atoms with Crippen molar-refractivity contribution in [3.05, 3.63) is 42.5 Å². The third-order valence-electron chi connectivity index (χ3n) is 5.41. The molecule has 2 aliphatic rings. The first-order valence-corrected chi connectivity index (χ1v) is 9.89. The maximum absolute atomic E-state index is 12.5. The fourth-order valence-electron chi connectivity index (χ4n) is 3.90. The Morgan fingerprint density at radius 1 is 1.07 bits per heavy atom. The van der Waals surface area contributed by atoms with Crippen LogP contribution < -0.4 is 10.2 Å². The van der Waals surface area contributed by atoms with Gasteiger partial charge in [0.25, 0.3) is 0 Å². The number of aliphatic hydroxyl groups is 1. The molecule has 148 valence electrons. The van der Waals surface area contributed by atoms with Crippen LogP contribution in [-0.2, 0) is 9.53 Å². The van der Waals surface area contributed by atoms with Crippen molar-refractivity contribution in [3.8, 4) is 11.3 Å². The summed E-state index contributed by atoms with van der Waals surface area (Å²) in [6, 6.07) is 13.7. The molecule has 2 saturated heterocycles. The van der Waals surface area contributed by atoms with Crippen LogP contribution in [0.3, 0.4) is 0 Å². The predicted octanol–water partition coefficient (Wildman–Crippen LogP) is 1.63. The molecule has 0 spiro atoms. The lowest BCUT2D eigenvalue weighted by Crippen LogP contribution is -2.54. The van der Waals surface area contributed by atoms with E-state index in [0.29, 0.717) is 38.5 Å². The standard InChI is InChI=1S/C21H26N4O3/c26-18-12-17(22-21(27)16-8-10-28-11-9-16)13-25(14-18)20-7-6-19(23-24-20)15-4-2-1-3-5-15/h1-7,16-18,26H,8-14H2,(H,22,27)/t17-,18+/m0/s1. The number of carbonyl (C=O) groups is 1. The van der Waals surface area contributed by atoms with Gasteiger partial charge in [0.05, 0.1) is 11.8 Å². The van der Waals surface area contributed by atoms with Gasteiger partial charge in [0.1, 0.15) is 0 Å². The molecule has 2 aliphatic heterocycles. The van der Waals surface area contributed by atoms with Crippen LogP contribution in [0.25, 0.3) is 11.3 Å². The van der Waals surface area contributed by atoms with Crippen LogP contribution in [0.5, 0.6) is 0 Å². The number of anilines is 1. The fourth-order valence-corrected chi connectivity index (χ4v) is 3.90. The van der Waals surface area contributed by atoms with Gasteiger partial charge in [0, 0.05) is 43.8 Å². The van der Waals surface area contributed by atoms with E-state index >= 15 is 0 Å². The summed E-state index contributed by atoms with van der Waals surface area (Å²) in [7, 11) is 0. The number of rotatable bonds is 4. The first-order valence-electron chi connectivity index (χ1n) is 9.89. The lowest BCUT2D eigenvalue weighted by atomic mass is 9.97. The minimum Gasteiger partial charge on any atom is -0.391 e. The highest BCUT2D eigenvalue weighted by Crippen LogP contribution is 2.22. The Hall–Kier alpha value is -2.51. The van der Waals surface area contributed by atoms with E-state index in [1.54, 1.807) is 0 Å². The molecule has 2 aromatic rings. The summed E-state index contributed by atoms with van der Waals surface area (Å²) >= 11 is 0. The number of aliphatic hydroxyl groups excluding tert-OH is 1. The molecular formula is C21H26N4O3. The molecule has 2 fully saturated rings. The normalized spacial score (nSPS) is 23.4. The number of piperidine rings is 1. The molecule has 2 N–H and O–H groups in total. The van der Waals surface area contributed by atoms with E-state index in [4.69, 9.17) is 4.74 Å². The van der Waals surface area contributed by atoms with Gasteiger partial charge in [-0.3, -0.25) is 4.79 Å². The Morgan fingerprint density at radius 3 is 2.57 bits per heavy atom. The largest absolute Gasteiger partial charge is 0.391 e. The second-order valence-electron chi connectivity index (χ2n) is 7.53. The van der Waals surface area contributed by atoms with Crippen LogP contribution in [0.1, 0.15) is 19.3 Å². The van der Waals surface area contributed by atoms with Crippen LogP contribution in [0, 0.1) is 5.92 Å². The van der Waals surface area contributed by atoms with Gasteiger partial charge in [-0.15, -0.1) is 10.2 Å². The van der Waals surface area contributed by atoms with E-state index in [1.807, 2.05) is 47.4 Å². The van der Waals surface area contributed by atoms with Crippen LogP contribution in [0.15, 0.2) is 42.5 Å². The number of carbonyl (C=O) groups excluding carboxylic acids is 1. The lowest BCUT2D eigenvalue weighted by molar-refractivity contribution is -0.128. The van der Waals surface area contributed by atoms with E-state index in [0.717, 1.165) is 24.1 Å². The summed E-state index contributed by atoms with van der Waals surface area (Å²) in [6.07, 6.45) is 1.57. The quantitative estimate of drug-likeness (QED) is 0.836. The Morgan fingerprint density at radius 2 is 1.86 bits per heavy atom. The number of aromatic nitrogens is 2. The molecule has 1 aromatic carbocycles. The van der Waals surface area contributed by atoms with Gasteiger partial charge in [-0.2, -0.15) is 0 Å². The van der Waals surface area contributed by atoms with E-state index in [2.05, 4.69) is 15.5 Å². The first kappa shape index (κ1) is 18.8. The van der Waals surface area contributed by atoms with Crippen molar-refractivity contribution in [1.82, 2.24) is 15.5 Å². The van der Waals surface area contributed by atoms with Crippen molar-refractivity contribution in [1.29, 1.82) is 0 Å². The molecule has 2 atom stereocenters. The molecule has 0 saturated carbocycles. The highest BCUT2D eigenvalue weighted by molar-refractivity contribution is 5.79. The molecule has 28 heavy (non-hydrogen) atoms. The summed E-state index contributed by atoms with van der Waals surface area (Å²) in [4.78, 5) is 14.5. The second-order valence-corrected chi connectivity index (χ2v) is 7.53. The average molecular weight is 382 g/mol. The summed E-state index contributed by atoms with van der Waals surface area (Å²) in [6.45, 7) is 2.39. The van der Waals surface area contributed by atoms with Crippen LogP contribution in [0.2, 0.25) is 0 Å². The van der Waals surface area contributed by atoms with Crippen molar-refractivity contribution in [2.45, 2.75) is 31.4 Å². The minimum absolute atomic E-state index is 0.00576. The topological polar surface area (TPSA) is 87.6 Å². The fraction of sp³-hybridized carbons (Fsp3) is 0.476. The Kier molecular flexibility index (Phi) is 5.83. The number of nitrogens with zero attached hydrogens (tertiary/aromatic N) is 3. The Labute approximate surface area is 164 Å². The highest BCUT2D eigenvalue weighted by atomic mass is 16.5. The number of benzene rings is 1. The van der Waals surface area contributed by atoms with Gasteiger partial charge in [-0.05, 0) is 31.4 Å². The number of hydrogen-bond acceptors (Lipinski definition) is 6. The van der Waals surface area contributed by atoms with Gasteiger partial charge in [0.15, 0.2) is 5.82 Å². The molecule has 1 aromatic heterocycles. The highest BCUT2D eigenvalue weighted by Gasteiger charge is 2.30. The van der Waals surface area contributed by atoms with Gasteiger partial charge >= 0.3 is 0 Å². The van der Waals surface area contributed by atoms with E-state index in [1.165, 1.54) is 0 Å². The van der Waals surface area contributed by atoms with Gasteiger partial charge in [0.2, 0.25) is 5.91 Å². The minimum atomic E-state index is -0.510. The van der Waals surface area contributed by atoms with Crippen molar-refractivity contribution in [3.63, 3.8) is 0 Å². The zero-order chi connectivity index (χ0) is 19.3. The predicted molar refractivity (Wildman–Crippen MR) is 106 cm³/mol. The summed E-state index contributed by atoms with van der Waals surface area (Å²) in [5.74, 6) is 0.780. The monoisotopic (exact) mass is 382 g/mol. The second kappa shape index (κ2) is 8.67. The average Bonchev–Trinajstić information content (AvgIpc) is 2.75. The number of hydrogen-bond donors (Lipinski definition) is 2. The van der Waals surface area contributed by atoms with Crippen LogP contribution >= 0.6 is 0 Å².